The number of thiocarbonyl (C=S) groups is 1. The summed E-state index contributed by atoms with van der Waals surface area (Å²) in [6.45, 7) is 1.77. The highest BCUT2D eigenvalue weighted by Gasteiger charge is 2.16. The summed E-state index contributed by atoms with van der Waals surface area (Å²) in [4.78, 5) is -0.0345. The van der Waals surface area contributed by atoms with Crippen LogP contribution in [0, 0.1) is 0 Å². The van der Waals surface area contributed by atoms with Crippen LogP contribution in [0.25, 0.3) is 0 Å². The number of hydrogen-bond acceptors (Lipinski definition) is 3. The van der Waals surface area contributed by atoms with E-state index in [1.807, 2.05) is 30.3 Å². The summed E-state index contributed by atoms with van der Waals surface area (Å²) in [5, 5.41) is 0. The lowest BCUT2D eigenvalue weighted by Gasteiger charge is -2.13. The minimum atomic E-state index is -3.44. The third-order valence-electron chi connectivity index (χ3n) is 1.99. The standard InChI is InChI=1S/C10H14N2O2S2/c1-8(9-5-3-2-4-6-9)12-16(13,14)7-10(11)15/h2-6,8,12H,7H2,1H3,(H2,11,15). The largest absolute Gasteiger partial charge is 0.392 e. The molecule has 0 aliphatic heterocycles. The smallest absolute Gasteiger partial charge is 0.218 e. The van der Waals surface area contributed by atoms with E-state index in [0.29, 0.717) is 0 Å². The molecule has 0 radical (unpaired) electrons. The maximum atomic E-state index is 11.5. The first-order valence-corrected chi connectivity index (χ1v) is 6.80. The van der Waals surface area contributed by atoms with Crippen LogP contribution >= 0.6 is 12.2 Å². The molecule has 1 rings (SSSR count). The molecule has 4 nitrogen and oxygen atoms in total. The van der Waals surface area contributed by atoms with Crippen molar-refractivity contribution >= 4 is 27.2 Å². The van der Waals surface area contributed by atoms with E-state index < -0.39 is 10.0 Å². The Kier molecular flexibility index (Phi) is 4.40. The molecule has 0 heterocycles. The van der Waals surface area contributed by atoms with Crippen molar-refractivity contribution in [3.05, 3.63) is 35.9 Å². The number of rotatable bonds is 5. The van der Waals surface area contributed by atoms with Crippen LogP contribution in [0.1, 0.15) is 18.5 Å². The molecule has 0 amide bonds. The second kappa shape index (κ2) is 5.38. The molecule has 0 saturated heterocycles. The Morgan fingerprint density at radius 2 is 2.00 bits per heavy atom. The number of hydrogen-bond donors (Lipinski definition) is 2. The zero-order valence-corrected chi connectivity index (χ0v) is 10.5. The average Bonchev–Trinajstić information content (AvgIpc) is 2.16. The van der Waals surface area contributed by atoms with Crippen molar-refractivity contribution in [2.24, 2.45) is 5.73 Å². The van der Waals surface area contributed by atoms with E-state index in [1.165, 1.54) is 0 Å². The van der Waals surface area contributed by atoms with Gasteiger partial charge in [-0.1, -0.05) is 42.5 Å². The lowest BCUT2D eigenvalue weighted by atomic mass is 10.1. The van der Waals surface area contributed by atoms with Crippen molar-refractivity contribution in [2.45, 2.75) is 13.0 Å². The summed E-state index contributed by atoms with van der Waals surface area (Å²) in [6, 6.07) is 9.00. The van der Waals surface area contributed by atoms with Crippen molar-refractivity contribution in [1.82, 2.24) is 4.72 Å². The fourth-order valence-electron chi connectivity index (χ4n) is 1.31. The molecule has 0 spiro atoms. The third-order valence-corrected chi connectivity index (χ3v) is 3.72. The molecule has 1 atom stereocenters. The molecule has 0 fully saturated rings. The highest BCUT2D eigenvalue weighted by atomic mass is 32.2. The van der Waals surface area contributed by atoms with E-state index in [2.05, 4.69) is 16.9 Å². The van der Waals surface area contributed by atoms with Crippen LogP contribution in [0.2, 0.25) is 0 Å². The Hall–Kier alpha value is -0.980. The van der Waals surface area contributed by atoms with Gasteiger partial charge in [-0.2, -0.15) is 0 Å². The van der Waals surface area contributed by atoms with Crippen LogP contribution in [-0.2, 0) is 10.0 Å². The number of nitrogens with two attached hydrogens (primary N) is 1. The Balaban J connectivity index is 2.72. The molecule has 3 N–H and O–H groups in total. The van der Waals surface area contributed by atoms with Crippen LogP contribution in [0.4, 0.5) is 0 Å². The molecule has 6 heteroatoms. The van der Waals surface area contributed by atoms with Gasteiger partial charge in [-0.25, -0.2) is 13.1 Å². The Labute approximate surface area is 101 Å². The molecule has 1 aromatic carbocycles. The van der Waals surface area contributed by atoms with Gasteiger partial charge < -0.3 is 5.73 Å². The van der Waals surface area contributed by atoms with Crippen LogP contribution in [-0.4, -0.2) is 19.2 Å². The fraction of sp³-hybridized carbons (Fsp3) is 0.300. The summed E-state index contributed by atoms with van der Waals surface area (Å²) >= 11 is 4.57. The van der Waals surface area contributed by atoms with Gasteiger partial charge >= 0.3 is 0 Å². The van der Waals surface area contributed by atoms with Crippen molar-refractivity contribution in [2.75, 3.05) is 5.75 Å². The molecule has 0 aromatic heterocycles. The zero-order valence-electron chi connectivity index (χ0n) is 8.88. The van der Waals surface area contributed by atoms with Crippen LogP contribution in [0.5, 0.6) is 0 Å². The predicted octanol–water partition coefficient (Wildman–Crippen LogP) is 0.953. The molecule has 0 aliphatic carbocycles. The lowest BCUT2D eigenvalue weighted by molar-refractivity contribution is 0.571. The van der Waals surface area contributed by atoms with Crippen molar-refractivity contribution in [3.8, 4) is 0 Å². The number of sulfonamides is 1. The third kappa shape index (κ3) is 4.26. The van der Waals surface area contributed by atoms with Gasteiger partial charge in [0.25, 0.3) is 0 Å². The van der Waals surface area contributed by atoms with Crippen molar-refractivity contribution < 1.29 is 8.42 Å². The first kappa shape index (κ1) is 13.1. The fourth-order valence-corrected chi connectivity index (χ4v) is 2.91. The minimum absolute atomic E-state index is 0.0345. The molecule has 88 valence electrons. The van der Waals surface area contributed by atoms with Gasteiger partial charge in [0.2, 0.25) is 10.0 Å². The van der Waals surface area contributed by atoms with Crippen LogP contribution < -0.4 is 10.5 Å². The Morgan fingerprint density at radius 3 is 2.50 bits per heavy atom. The highest BCUT2D eigenvalue weighted by Crippen LogP contribution is 2.12. The van der Waals surface area contributed by atoms with Gasteiger partial charge in [-0.05, 0) is 12.5 Å². The summed E-state index contributed by atoms with van der Waals surface area (Å²) in [5.41, 5.74) is 6.10. The molecule has 1 unspecified atom stereocenters. The van der Waals surface area contributed by atoms with Crippen molar-refractivity contribution in [3.63, 3.8) is 0 Å². The average molecular weight is 258 g/mol. The second-order valence-corrected chi connectivity index (χ2v) is 5.75. The first-order valence-electron chi connectivity index (χ1n) is 4.74. The molecule has 16 heavy (non-hydrogen) atoms. The summed E-state index contributed by atoms with van der Waals surface area (Å²) in [7, 11) is -3.44. The number of benzene rings is 1. The van der Waals surface area contributed by atoms with Gasteiger partial charge in [-0.3, -0.25) is 0 Å². The molecule has 0 saturated carbocycles. The maximum absolute atomic E-state index is 11.5. The topological polar surface area (TPSA) is 72.2 Å². The summed E-state index contributed by atoms with van der Waals surface area (Å²) < 4.78 is 25.6. The molecule has 1 aromatic rings. The Bertz CT molecular complexity index is 457. The minimum Gasteiger partial charge on any atom is -0.392 e. The molecule has 0 bridgehead atoms. The van der Waals surface area contributed by atoms with Gasteiger partial charge in [0.1, 0.15) is 5.75 Å². The molecular weight excluding hydrogens is 244 g/mol. The van der Waals surface area contributed by atoms with E-state index >= 15 is 0 Å². The normalized spacial score (nSPS) is 13.3. The Morgan fingerprint density at radius 1 is 1.44 bits per heavy atom. The lowest BCUT2D eigenvalue weighted by Crippen LogP contribution is -2.34. The van der Waals surface area contributed by atoms with Gasteiger partial charge in [0.15, 0.2) is 0 Å². The summed E-state index contributed by atoms with van der Waals surface area (Å²) in [6.07, 6.45) is 0. The zero-order chi connectivity index (χ0) is 12.2. The number of nitrogens with one attached hydrogen (secondary N) is 1. The quantitative estimate of drug-likeness (QED) is 0.771. The van der Waals surface area contributed by atoms with Gasteiger partial charge in [0, 0.05) is 6.04 Å². The maximum Gasteiger partial charge on any atom is 0.218 e. The van der Waals surface area contributed by atoms with Crippen LogP contribution in [0.3, 0.4) is 0 Å². The van der Waals surface area contributed by atoms with Crippen LogP contribution in [0.15, 0.2) is 30.3 Å². The second-order valence-electron chi connectivity index (χ2n) is 3.48. The van der Waals surface area contributed by atoms with E-state index in [-0.39, 0.29) is 16.8 Å². The van der Waals surface area contributed by atoms with E-state index in [4.69, 9.17) is 5.73 Å². The molecular formula is C10H14N2O2S2. The van der Waals surface area contributed by atoms with Gasteiger partial charge in [-0.15, -0.1) is 0 Å². The van der Waals surface area contributed by atoms with Gasteiger partial charge in [0.05, 0.1) is 4.99 Å². The van der Waals surface area contributed by atoms with E-state index in [1.54, 1.807) is 6.92 Å². The predicted molar refractivity (Wildman–Crippen MR) is 68.6 cm³/mol. The van der Waals surface area contributed by atoms with E-state index in [0.717, 1.165) is 5.56 Å². The van der Waals surface area contributed by atoms with Crippen molar-refractivity contribution in [1.29, 1.82) is 0 Å². The van der Waals surface area contributed by atoms with E-state index in [9.17, 15) is 8.42 Å². The molecule has 0 aliphatic rings. The SMILES string of the molecule is CC(NS(=O)(=O)CC(N)=S)c1ccccc1. The highest BCUT2D eigenvalue weighted by molar-refractivity contribution is 7.92. The monoisotopic (exact) mass is 258 g/mol. The first-order chi connectivity index (χ1) is 7.41. The summed E-state index contributed by atoms with van der Waals surface area (Å²) in [5.74, 6) is -0.320.